The molecule has 0 unspecified atom stereocenters. The molecule has 0 aromatic carbocycles. The minimum Gasteiger partial charge on any atom is -0.485 e. The molecule has 0 saturated carbocycles. The lowest BCUT2D eigenvalue weighted by molar-refractivity contribution is 0.292. The molecular weight excluding hydrogens is 314 g/mol. The Morgan fingerprint density at radius 2 is 1.95 bits per heavy atom. The van der Waals surface area contributed by atoms with Crippen LogP contribution in [-0.4, -0.2) is 9.55 Å². The molecule has 120 valence electrons. The number of nitrogens with zero attached hydrogens (tertiary/aromatic N) is 2. The van der Waals surface area contributed by atoms with Gasteiger partial charge in [-0.1, -0.05) is 25.4 Å². The van der Waals surface area contributed by atoms with E-state index in [4.69, 9.17) is 16.3 Å². The van der Waals surface area contributed by atoms with Crippen LogP contribution in [0.15, 0.2) is 23.1 Å². The van der Waals surface area contributed by atoms with Gasteiger partial charge in [0.25, 0.3) is 5.56 Å². The largest absolute Gasteiger partial charge is 0.485 e. The monoisotopic (exact) mass is 330 g/mol. The van der Waals surface area contributed by atoms with E-state index >= 15 is 0 Å². The van der Waals surface area contributed by atoms with Crippen LogP contribution in [0.1, 0.15) is 25.2 Å². The van der Waals surface area contributed by atoms with E-state index in [9.17, 15) is 13.6 Å². The maximum atomic E-state index is 13.4. The van der Waals surface area contributed by atoms with Crippen LogP contribution in [0.25, 0.3) is 0 Å². The van der Waals surface area contributed by atoms with Gasteiger partial charge in [0.2, 0.25) is 0 Å². The normalized spacial score (nSPS) is 9.95. The van der Waals surface area contributed by atoms with Crippen molar-refractivity contribution in [3.8, 4) is 5.75 Å². The molecule has 2 aromatic heterocycles. The topological polar surface area (TPSA) is 44.1 Å². The van der Waals surface area contributed by atoms with E-state index < -0.39 is 17.2 Å². The minimum absolute atomic E-state index is 0.0687. The quantitative estimate of drug-likeness (QED) is 0.863. The van der Waals surface area contributed by atoms with Gasteiger partial charge in [0.05, 0.1) is 6.20 Å². The summed E-state index contributed by atoms with van der Waals surface area (Å²) in [5.41, 5.74) is 0.164. The molecule has 0 bridgehead atoms. The summed E-state index contributed by atoms with van der Waals surface area (Å²) in [6, 6.07) is 2.27. The summed E-state index contributed by atoms with van der Waals surface area (Å²) >= 11 is 5.87. The molecule has 0 atom stereocenters. The molecule has 0 amide bonds. The summed E-state index contributed by atoms with van der Waals surface area (Å²) in [5, 5.41) is -0.0966. The highest BCUT2D eigenvalue weighted by atomic mass is 35.5. The van der Waals surface area contributed by atoms with Gasteiger partial charge in [0.1, 0.15) is 28.9 Å². The van der Waals surface area contributed by atoms with Gasteiger partial charge >= 0.3 is 0 Å². The Labute approximate surface area is 132 Å². The van der Waals surface area contributed by atoms with Crippen molar-refractivity contribution >= 4 is 11.6 Å². The Kier molecular flexibility index (Phi) is 6.49. The SMILES string of the molecule is CC.Cc1cc(OCc2ncc(F)cc2F)c(Cl)c(=O)n1C. The second-order valence-corrected chi connectivity index (χ2v) is 4.58. The van der Waals surface area contributed by atoms with E-state index in [2.05, 4.69) is 4.98 Å². The summed E-state index contributed by atoms with van der Waals surface area (Å²) in [6.07, 6.45) is 0.888. The Morgan fingerprint density at radius 3 is 2.55 bits per heavy atom. The van der Waals surface area contributed by atoms with Crippen LogP contribution in [0.5, 0.6) is 5.75 Å². The van der Waals surface area contributed by atoms with E-state index in [0.717, 1.165) is 6.20 Å². The van der Waals surface area contributed by atoms with E-state index in [1.165, 1.54) is 4.57 Å². The molecule has 2 rings (SSSR count). The first-order valence-electron chi connectivity index (χ1n) is 6.69. The smallest absolute Gasteiger partial charge is 0.273 e. The third-order valence-corrected chi connectivity index (χ3v) is 3.17. The molecular formula is C15H17ClF2N2O2. The van der Waals surface area contributed by atoms with Gasteiger partial charge in [-0.3, -0.25) is 9.78 Å². The van der Waals surface area contributed by atoms with Gasteiger partial charge in [-0.2, -0.15) is 0 Å². The zero-order valence-corrected chi connectivity index (χ0v) is 13.5. The Bertz CT molecular complexity index is 717. The van der Waals surface area contributed by atoms with Crippen LogP contribution in [0, 0.1) is 18.6 Å². The van der Waals surface area contributed by atoms with Crippen molar-refractivity contribution in [1.82, 2.24) is 9.55 Å². The van der Waals surface area contributed by atoms with Crippen molar-refractivity contribution in [2.45, 2.75) is 27.4 Å². The van der Waals surface area contributed by atoms with Gasteiger partial charge < -0.3 is 9.30 Å². The van der Waals surface area contributed by atoms with E-state index in [1.54, 1.807) is 20.0 Å². The summed E-state index contributed by atoms with van der Waals surface area (Å²) in [6.45, 7) is 5.46. The summed E-state index contributed by atoms with van der Waals surface area (Å²) in [4.78, 5) is 15.3. The molecule has 4 nitrogen and oxygen atoms in total. The fourth-order valence-electron chi connectivity index (χ4n) is 1.56. The van der Waals surface area contributed by atoms with Crippen LogP contribution in [0.3, 0.4) is 0 Å². The predicted molar refractivity (Wildman–Crippen MR) is 81.3 cm³/mol. The molecule has 0 radical (unpaired) electrons. The van der Waals surface area contributed by atoms with Crippen molar-refractivity contribution in [2.75, 3.05) is 0 Å². The van der Waals surface area contributed by atoms with Crippen LogP contribution < -0.4 is 10.3 Å². The first-order chi connectivity index (χ1) is 10.4. The lowest BCUT2D eigenvalue weighted by Crippen LogP contribution is -2.20. The number of hydrogen-bond donors (Lipinski definition) is 0. The third-order valence-electron chi connectivity index (χ3n) is 2.83. The van der Waals surface area contributed by atoms with E-state index in [1.807, 2.05) is 13.8 Å². The average molecular weight is 331 g/mol. The average Bonchev–Trinajstić information content (AvgIpc) is 2.51. The fraction of sp³-hybridized carbons (Fsp3) is 0.333. The van der Waals surface area contributed by atoms with Crippen LogP contribution >= 0.6 is 11.6 Å². The maximum absolute atomic E-state index is 13.4. The minimum atomic E-state index is -0.818. The molecule has 0 fully saturated rings. The van der Waals surface area contributed by atoms with Crippen molar-refractivity contribution in [3.63, 3.8) is 0 Å². The highest BCUT2D eigenvalue weighted by Crippen LogP contribution is 2.22. The van der Waals surface area contributed by atoms with Gasteiger partial charge in [-0.05, 0) is 6.92 Å². The summed E-state index contributed by atoms with van der Waals surface area (Å²) in [5.74, 6) is -1.45. The molecule has 0 aliphatic carbocycles. The standard InChI is InChI=1S/C13H11ClF2N2O2.C2H6/c1-7-3-11(12(14)13(19)18(7)2)20-6-10-9(16)4-8(15)5-17-10;1-2/h3-5H,6H2,1-2H3;1-2H3. The molecule has 22 heavy (non-hydrogen) atoms. The van der Waals surface area contributed by atoms with Crippen LogP contribution in [0.4, 0.5) is 8.78 Å². The zero-order valence-electron chi connectivity index (χ0n) is 12.8. The Hall–Kier alpha value is -1.95. The number of aryl methyl sites for hydroxylation is 1. The number of rotatable bonds is 3. The van der Waals surface area contributed by atoms with Crippen molar-refractivity contribution < 1.29 is 13.5 Å². The second kappa shape index (κ2) is 7.89. The first kappa shape index (κ1) is 18.1. The van der Waals surface area contributed by atoms with Crippen LogP contribution in [0.2, 0.25) is 5.02 Å². The van der Waals surface area contributed by atoms with Gasteiger partial charge in [0.15, 0.2) is 5.82 Å². The number of halogens is 3. The number of aromatic nitrogens is 2. The Morgan fingerprint density at radius 1 is 1.32 bits per heavy atom. The fourth-order valence-corrected chi connectivity index (χ4v) is 1.80. The lowest BCUT2D eigenvalue weighted by atomic mass is 10.3. The summed E-state index contributed by atoms with van der Waals surface area (Å²) < 4.78 is 32.8. The van der Waals surface area contributed by atoms with Crippen LogP contribution in [-0.2, 0) is 13.7 Å². The number of pyridine rings is 2. The lowest BCUT2D eigenvalue weighted by Gasteiger charge is -2.11. The maximum Gasteiger partial charge on any atom is 0.273 e. The molecule has 2 heterocycles. The Balaban J connectivity index is 0.00000116. The first-order valence-corrected chi connectivity index (χ1v) is 7.06. The number of hydrogen-bond acceptors (Lipinski definition) is 3. The summed E-state index contributed by atoms with van der Waals surface area (Å²) in [7, 11) is 1.58. The van der Waals surface area contributed by atoms with Gasteiger partial charge in [-0.25, -0.2) is 8.78 Å². The molecule has 0 aliphatic heterocycles. The van der Waals surface area contributed by atoms with E-state index in [0.29, 0.717) is 11.8 Å². The molecule has 7 heteroatoms. The van der Waals surface area contributed by atoms with Gasteiger partial charge in [0, 0.05) is 24.9 Å². The van der Waals surface area contributed by atoms with Gasteiger partial charge in [-0.15, -0.1) is 0 Å². The molecule has 0 N–H and O–H groups in total. The van der Waals surface area contributed by atoms with Crippen molar-refractivity contribution in [2.24, 2.45) is 7.05 Å². The second-order valence-electron chi connectivity index (χ2n) is 4.20. The predicted octanol–water partition coefficient (Wildman–Crippen LogP) is 3.63. The molecule has 0 aliphatic rings. The third kappa shape index (κ3) is 4.04. The highest BCUT2D eigenvalue weighted by molar-refractivity contribution is 6.31. The zero-order chi connectivity index (χ0) is 16.9. The van der Waals surface area contributed by atoms with Crippen molar-refractivity contribution in [1.29, 1.82) is 0 Å². The number of ether oxygens (including phenoxy) is 1. The molecule has 0 saturated heterocycles. The molecule has 2 aromatic rings. The van der Waals surface area contributed by atoms with Crippen molar-refractivity contribution in [3.05, 3.63) is 56.7 Å². The van der Waals surface area contributed by atoms with E-state index in [-0.39, 0.29) is 23.1 Å². The highest BCUT2D eigenvalue weighted by Gasteiger charge is 2.12. The molecule has 0 spiro atoms.